The molecule has 1 amide bonds. The van der Waals surface area contributed by atoms with Gasteiger partial charge in [-0.25, -0.2) is 4.79 Å². The number of nitrogens with zero attached hydrogens (tertiary/aromatic N) is 1. The first-order valence-corrected chi connectivity index (χ1v) is 11.7. The number of amides is 1. The van der Waals surface area contributed by atoms with Crippen LogP contribution in [0.2, 0.25) is 0 Å². The number of hydrogen-bond donors (Lipinski definition) is 2. The highest BCUT2D eigenvalue weighted by Gasteiger charge is 2.42. The second-order valence-electron chi connectivity index (χ2n) is 9.46. The standard InChI is InChI=1S/C23H28N2O4.C2H4O2/c1-12-19(9-8-17-16-4-3-5-18(16)23(27)29-21(12)17)28-13(2)22(26)25-10-14-6-7-15(11-25)20(14)24;1-2(3)4/h8-9,13-15,20H,3-7,10-11,24H2,1-2H3;1H3,(H,3,4)/t13?,14-,15+,20?;. The van der Waals surface area contributed by atoms with Gasteiger partial charge in [0, 0.05) is 42.6 Å². The van der Waals surface area contributed by atoms with Crippen LogP contribution in [0.1, 0.15) is 49.8 Å². The highest BCUT2D eigenvalue weighted by molar-refractivity contribution is 5.87. The maximum absolute atomic E-state index is 13.0. The lowest BCUT2D eigenvalue weighted by Crippen LogP contribution is -2.53. The third-order valence-electron chi connectivity index (χ3n) is 7.21. The monoisotopic (exact) mass is 456 g/mol. The molecule has 0 spiro atoms. The first-order valence-electron chi connectivity index (χ1n) is 11.7. The summed E-state index contributed by atoms with van der Waals surface area (Å²) in [7, 11) is 0. The van der Waals surface area contributed by atoms with Crippen molar-refractivity contribution in [2.45, 2.75) is 65.0 Å². The van der Waals surface area contributed by atoms with Crippen molar-refractivity contribution >= 4 is 22.8 Å². The molecule has 5 rings (SSSR count). The van der Waals surface area contributed by atoms with Crippen LogP contribution in [0.4, 0.5) is 0 Å². The number of benzene rings is 1. The molecule has 1 saturated heterocycles. The fourth-order valence-electron chi connectivity index (χ4n) is 5.53. The highest BCUT2D eigenvalue weighted by atomic mass is 16.5. The van der Waals surface area contributed by atoms with Crippen molar-refractivity contribution in [1.29, 1.82) is 0 Å². The van der Waals surface area contributed by atoms with Crippen LogP contribution < -0.4 is 16.1 Å². The van der Waals surface area contributed by atoms with Crippen LogP contribution in [0.25, 0.3) is 11.0 Å². The number of rotatable bonds is 3. The van der Waals surface area contributed by atoms with Gasteiger partial charge in [0.1, 0.15) is 11.3 Å². The van der Waals surface area contributed by atoms with Crippen molar-refractivity contribution in [3.8, 4) is 5.75 Å². The maximum atomic E-state index is 13.0. The van der Waals surface area contributed by atoms with Crippen LogP contribution in [0, 0.1) is 18.8 Å². The van der Waals surface area contributed by atoms with E-state index in [-0.39, 0.29) is 17.6 Å². The Hall–Kier alpha value is -2.87. The summed E-state index contributed by atoms with van der Waals surface area (Å²) >= 11 is 0. The van der Waals surface area contributed by atoms with Crippen molar-refractivity contribution in [1.82, 2.24) is 4.90 Å². The zero-order chi connectivity index (χ0) is 23.9. The van der Waals surface area contributed by atoms with E-state index in [9.17, 15) is 9.59 Å². The average Bonchev–Trinajstić information content (AvgIpc) is 3.31. The topological polar surface area (TPSA) is 123 Å². The number of nitrogens with two attached hydrogens (primary N) is 1. The Balaban J connectivity index is 0.000000601. The van der Waals surface area contributed by atoms with Gasteiger partial charge in [0.2, 0.25) is 0 Å². The Kier molecular flexibility index (Phi) is 6.47. The van der Waals surface area contributed by atoms with E-state index < -0.39 is 12.1 Å². The zero-order valence-corrected chi connectivity index (χ0v) is 19.4. The summed E-state index contributed by atoms with van der Waals surface area (Å²) in [6, 6.07) is 4.08. The predicted molar refractivity (Wildman–Crippen MR) is 123 cm³/mol. The van der Waals surface area contributed by atoms with E-state index in [2.05, 4.69) is 0 Å². The second kappa shape index (κ2) is 9.17. The van der Waals surface area contributed by atoms with Gasteiger partial charge in [0.25, 0.3) is 11.9 Å². The van der Waals surface area contributed by atoms with E-state index in [1.165, 1.54) is 0 Å². The fourth-order valence-corrected chi connectivity index (χ4v) is 5.53. The van der Waals surface area contributed by atoms with Gasteiger partial charge in [-0.15, -0.1) is 0 Å². The summed E-state index contributed by atoms with van der Waals surface area (Å²) in [6.45, 7) is 6.21. The molecule has 2 unspecified atom stereocenters. The van der Waals surface area contributed by atoms with Gasteiger partial charge < -0.3 is 24.9 Å². The van der Waals surface area contributed by atoms with E-state index in [0.29, 0.717) is 23.2 Å². The molecule has 3 aliphatic rings. The molecule has 2 bridgehead atoms. The van der Waals surface area contributed by atoms with Crippen LogP contribution in [-0.4, -0.2) is 47.1 Å². The molecular weight excluding hydrogens is 424 g/mol. The number of likely N-dealkylation sites (tertiary alicyclic amines) is 1. The third kappa shape index (κ3) is 4.49. The summed E-state index contributed by atoms with van der Waals surface area (Å²) < 4.78 is 11.7. The van der Waals surface area contributed by atoms with Gasteiger partial charge in [0.15, 0.2) is 6.10 Å². The molecule has 3 N–H and O–H groups in total. The molecule has 0 radical (unpaired) electrons. The fraction of sp³-hybridized carbons (Fsp3) is 0.560. The molecule has 2 aliphatic carbocycles. The molecule has 1 saturated carbocycles. The molecule has 178 valence electrons. The van der Waals surface area contributed by atoms with Crippen LogP contribution >= 0.6 is 0 Å². The minimum atomic E-state index is -0.833. The number of fused-ring (bicyclic) bond motifs is 5. The summed E-state index contributed by atoms with van der Waals surface area (Å²) in [5.74, 6) is 0.576. The number of piperidine rings is 1. The molecule has 4 atom stereocenters. The molecule has 8 nitrogen and oxygen atoms in total. The number of hydrogen-bond acceptors (Lipinski definition) is 6. The van der Waals surface area contributed by atoms with E-state index in [4.69, 9.17) is 24.8 Å². The number of carbonyl (C=O) groups excluding carboxylic acids is 1. The Morgan fingerprint density at radius 1 is 1.18 bits per heavy atom. The first kappa shape index (κ1) is 23.3. The van der Waals surface area contributed by atoms with Gasteiger partial charge in [-0.2, -0.15) is 0 Å². The maximum Gasteiger partial charge on any atom is 0.339 e. The van der Waals surface area contributed by atoms with Gasteiger partial charge in [-0.05, 0) is 75.5 Å². The van der Waals surface area contributed by atoms with Crippen LogP contribution in [0.15, 0.2) is 21.3 Å². The van der Waals surface area contributed by atoms with E-state index in [0.717, 1.165) is 74.2 Å². The van der Waals surface area contributed by atoms with Gasteiger partial charge in [0.05, 0.1) is 0 Å². The largest absolute Gasteiger partial charge is 0.481 e. The van der Waals surface area contributed by atoms with Crippen LogP contribution in [0.5, 0.6) is 5.75 Å². The number of aryl methyl sites for hydroxylation is 2. The quantitative estimate of drug-likeness (QED) is 0.681. The van der Waals surface area contributed by atoms with Crippen molar-refractivity contribution in [3.05, 3.63) is 39.2 Å². The van der Waals surface area contributed by atoms with Gasteiger partial charge >= 0.3 is 5.63 Å². The number of ether oxygens (including phenoxy) is 1. The third-order valence-corrected chi connectivity index (χ3v) is 7.21. The van der Waals surface area contributed by atoms with Crippen molar-refractivity contribution in [2.75, 3.05) is 13.1 Å². The minimum absolute atomic E-state index is 0.00343. The predicted octanol–water partition coefficient (Wildman–Crippen LogP) is 2.64. The van der Waals surface area contributed by atoms with Gasteiger partial charge in [-0.3, -0.25) is 9.59 Å². The Morgan fingerprint density at radius 2 is 1.79 bits per heavy atom. The molecule has 2 fully saturated rings. The minimum Gasteiger partial charge on any atom is -0.481 e. The van der Waals surface area contributed by atoms with Crippen molar-refractivity contribution in [2.24, 2.45) is 17.6 Å². The molecule has 1 aromatic carbocycles. The van der Waals surface area contributed by atoms with Gasteiger partial charge in [-0.1, -0.05) is 0 Å². The van der Waals surface area contributed by atoms with Crippen molar-refractivity contribution in [3.63, 3.8) is 0 Å². The SMILES string of the molecule is CC(=O)O.Cc1c(OC(C)C(=O)N2C[C@H]3CC[C@@H](C2)C3N)ccc2c3c(c(=O)oc12)CCC3. The molecule has 8 heteroatoms. The highest BCUT2D eigenvalue weighted by Crippen LogP contribution is 2.36. The first-order chi connectivity index (χ1) is 15.7. The lowest BCUT2D eigenvalue weighted by Gasteiger charge is -2.37. The van der Waals surface area contributed by atoms with Crippen molar-refractivity contribution < 1.29 is 23.8 Å². The molecular formula is C25H32N2O6. The molecule has 2 heterocycles. The summed E-state index contributed by atoms with van der Waals surface area (Å²) in [6.07, 6.45) is 4.31. The molecule has 2 aromatic rings. The molecule has 1 aliphatic heterocycles. The summed E-state index contributed by atoms with van der Waals surface area (Å²) in [5, 5.41) is 8.41. The number of carbonyl (C=O) groups is 2. The Labute approximate surface area is 192 Å². The van der Waals surface area contributed by atoms with Crippen LogP contribution in [0.3, 0.4) is 0 Å². The Morgan fingerprint density at radius 3 is 2.42 bits per heavy atom. The number of carboxylic acids is 1. The number of carboxylic acid groups (broad SMARTS) is 1. The summed E-state index contributed by atoms with van der Waals surface area (Å²) in [4.78, 5) is 36.3. The molecule has 1 aromatic heterocycles. The lowest BCUT2D eigenvalue weighted by molar-refractivity contribution is -0.140. The smallest absolute Gasteiger partial charge is 0.339 e. The van der Waals surface area contributed by atoms with Crippen LogP contribution in [-0.2, 0) is 22.4 Å². The van der Waals surface area contributed by atoms with E-state index in [1.807, 2.05) is 24.0 Å². The molecule has 33 heavy (non-hydrogen) atoms. The van der Waals surface area contributed by atoms with E-state index in [1.54, 1.807) is 6.92 Å². The van der Waals surface area contributed by atoms with E-state index >= 15 is 0 Å². The summed E-state index contributed by atoms with van der Waals surface area (Å²) in [5.41, 5.74) is 9.29. The average molecular weight is 457 g/mol. The lowest BCUT2D eigenvalue weighted by atomic mass is 9.93. The normalized spacial score (nSPS) is 24.1. The zero-order valence-electron chi connectivity index (χ0n) is 19.4. The second-order valence-corrected chi connectivity index (χ2v) is 9.46. The number of aliphatic carboxylic acids is 1. The Bertz CT molecular complexity index is 1120.